The first kappa shape index (κ1) is 13.1. The van der Waals surface area contributed by atoms with Crippen LogP contribution in [0.1, 0.15) is 15.9 Å². The SMILES string of the molecule is O=C(C1=CC(=C(O)c2ccccc2)C=C1)c1ccccc1. The van der Waals surface area contributed by atoms with Gasteiger partial charge in [-0.15, -0.1) is 0 Å². The molecule has 1 aliphatic rings. The van der Waals surface area contributed by atoms with Crippen molar-refractivity contribution in [1.82, 2.24) is 0 Å². The lowest BCUT2D eigenvalue weighted by atomic mass is 10.0. The molecule has 0 spiro atoms. The summed E-state index contributed by atoms with van der Waals surface area (Å²) in [6.45, 7) is 0. The molecule has 102 valence electrons. The van der Waals surface area contributed by atoms with Gasteiger partial charge < -0.3 is 5.11 Å². The zero-order chi connectivity index (χ0) is 14.7. The van der Waals surface area contributed by atoms with Crippen molar-refractivity contribution < 1.29 is 9.90 Å². The van der Waals surface area contributed by atoms with Crippen LogP contribution in [0.3, 0.4) is 0 Å². The van der Waals surface area contributed by atoms with Gasteiger partial charge in [0.1, 0.15) is 5.76 Å². The number of Topliss-reactive ketones (excluding diaryl/α,β-unsaturated/α-hetero) is 1. The molecule has 0 fully saturated rings. The van der Waals surface area contributed by atoms with Gasteiger partial charge in [0.05, 0.1) is 0 Å². The van der Waals surface area contributed by atoms with Gasteiger partial charge in [0.2, 0.25) is 0 Å². The van der Waals surface area contributed by atoms with Crippen molar-refractivity contribution in [2.75, 3.05) is 0 Å². The summed E-state index contributed by atoms with van der Waals surface area (Å²) < 4.78 is 0. The van der Waals surface area contributed by atoms with Crippen molar-refractivity contribution in [3.63, 3.8) is 0 Å². The zero-order valence-corrected chi connectivity index (χ0v) is 11.4. The quantitative estimate of drug-likeness (QED) is 0.668. The molecule has 0 unspecified atom stereocenters. The summed E-state index contributed by atoms with van der Waals surface area (Å²) in [5.74, 6) is 0.144. The average Bonchev–Trinajstić information content (AvgIpc) is 3.05. The van der Waals surface area contributed by atoms with E-state index < -0.39 is 0 Å². The van der Waals surface area contributed by atoms with Gasteiger partial charge in [-0.25, -0.2) is 0 Å². The number of benzene rings is 2. The van der Waals surface area contributed by atoms with E-state index in [2.05, 4.69) is 0 Å². The number of aliphatic hydroxyl groups excluding tert-OH is 1. The summed E-state index contributed by atoms with van der Waals surface area (Å²) in [5, 5.41) is 10.3. The van der Waals surface area contributed by atoms with Crippen molar-refractivity contribution in [2.24, 2.45) is 0 Å². The molecule has 0 saturated heterocycles. The number of rotatable bonds is 3. The highest BCUT2D eigenvalue weighted by Gasteiger charge is 2.15. The Balaban J connectivity index is 1.92. The fraction of sp³-hybridized carbons (Fsp3) is 0. The molecule has 0 bridgehead atoms. The molecule has 0 aliphatic heterocycles. The van der Waals surface area contributed by atoms with Crippen molar-refractivity contribution >= 4 is 11.5 Å². The van der Waals surface area contributed by atoms with Crippen LogP contribution in [0.15, 0.2) is 90.0 Å². The highest BCUT2D eigenvalue weighted by atomic mass is 16.3. The van der Waals surface area contributed by atoms with E-state index in [0.29, 0.717) is 16.7 Å². The van der Waals surface area contributed by atoms with E-state index >= 15 is 0 Å². The normalized spacial score (nSPS) is 15.7. The molecule has 1 N–H and O–H groups in total. The first-order chi connectivity index (χ1) is 10.3. The van der Waals surface area contributed by atoms with E-state index in [1.165, 1.54) is 0 Å². The largest absolute Gasteiger partial charge is 0.507 e. The second-order valence-electron chi connectivity index (χ2n) is 4.80. The van der Waals surface area contributed by atoms with E-state index in [4.69, 9.17) is 0 Å². The van der Waals surface area contributed by atoms with E-state index in [-0.39, 0.29) is 11.5 Å². The number of hydrogen-bond acceptors (Lipinski definition) is 2. The number of carbonyl (C=O) groups is 1. The third kappa shape index (κ3) is 2.70. The van der Waals surface area contributed by atoms with Gasteiger partial charge in [-0.05, 0) is 6.08 Å². The molecule has 2 nitrogen and oxygen atoms in total. The number of carbonyl (C=O) groups excluding carboxylic acids is 1. The van der Waals surface area contributed by atoms with Gasteiger partial charge in [0.25, 0.3) is 0 Å². The van der Waals surface area contributed by atoms with Crippen LogP contribution >= 0.6 is 0 Å². The molecule has 2 aromatic rings. The summed E-state index contributed by atoms with van der Waals surface area (Å²) in [6.07, 6.45) is 5.22. The Hall–Kier alpha value is -2.87. The molecule has 0 atom stereocenters. The lowest BCUT2D eigenvalue weighted by Gasteiger charge is -2.02. The fourth-order valence-electron chi connectivity index (χ4n) is 2.25. The minimum Gasteiger partial charge on any atom is -0.507 e. The molecule has 3 rings (SSSR count). The van der Waals surface area contributed by atoms with Crippen LogP contribution in [-0.2, 0) is 0 Å². The number of hydrogen-bond donors (Lipinski definition) is 1. The summed E-state index contributed by atoms with van der Waals surface area (Å²) in [5.41, 5.74) is 2.62. The Bertz CT molecular complexity index is 751. The van der Waals surface area contributed by atoms with Gasteiger partial charge in [-0.2, -0.15) is 0 Å². The molecule has 0 saturated carbocycles. The Kier molecular flexibility index (Phi) is 3.52. The van der Waals surface area contributed by atoms with Gasteiger partial charge in [0.15, 0.2) is 5.78 Å². The second kappa shape index (κ2) is 5.63. The molecule has 0 aromatic heterocycles. The summed E-state index contributed by atoms with van der Waals surface area (Å²) in [4.78, 5) is 12.3. The van der Waals surface area contributed by atoms with Crippen molar-refractivity contribution in [3.05, 3.63) is 101 Å². The Morgan fingerprint density at radius 2 is 1.33 bits per heavy atom. The zero-order valence-electron chi connectivity index (χ0n) is 11.4. The number of allylic oxidation sites excluding steroid dienone is 5. The third-order valence-corrected chi connectivity index (χ3v) is 3.37. The number of aliphatic hydroxyl groups is 1. The third-order valence-electron chi connectivity index (χ3n) is 3.37. The van der Waals surface area contributed by atoms with Gasteiger partial charge in [-0.3, -0.25) is 4.79 Å². The standard InChI is InChI=1S/C19H14O2/c20-18(14-7-3-1-4-8-14)16-11-12-17(13-16)19(21)15-9-5-2-6-10-15/h1-13,20H. The maximum absolute atomic E-state index is 12.3. The minimum absolute atomic E-state index is 0.0392. The van der Waals surface area contributed by atoms with Crippen molar-refractivity contribution in [2.45, 2.75) is 0 Å². The lowest BCUT2D eigenvalue weighted by molar-refractivity contribution is 0.103. The summed E-state index contributed by atoms with van der Waals surface area (Å²) in [6, 6.07) is 18.4. The Labute approximate surface area is 123 Å². The molecule has 0 radical (unpaired) electrons. The smallest absolute Gasteiger partial charge is 0.193 e. The highest BCUT2D eigenvalue weighted by molar-refractivity contribution is 6.11. The van der Waals surface area contributed by atoms with Crippen LogP contribution in [0.5, 0.6) is 0 Å². The first-order valence-electron chi connectivity index (χ1n) is 6.74. The molecule has 2 aromatic carbocycles. The van der Waals surface area contributed by atoms with Crippen LogP contribution in [0.4, 0.5) is 0 Å². The fourth-order valence-corrected chi connectivity index (χ4v) is 2.25. The van der Waals surface area contributed by atoms with Crippen LogP contribution in [0.25, 0.3) is 5.76 Å². The van der Waals surface area contributed by atoms with Crippen LogP contribution in [-0.4, -0.2) is 10.9 Å². The number of ketones is 1. The molecule has 2 heteroatoms. The molecule has 1 aliphatic carbocycles. The minimum atomic E-state index is -0.0392. The second-order valence-corrected chi connectivity index (χ2v) is 4.80. The van der Waals surface area contributed by atoms with E-state index in [1.54, 1.807) is 30.4 Å². The molecular weight excluding hydrogens is 260 g/mol. The van der Waals surface area contributed by atoms with Crippen LogP contribution in [0, 0.1) is 0 Å². The topological polar surface area (TPSA) is 37.3 Å². The first-order valence-corrected chi connectivity index (χ1v) is 6.74. The van der Waals surface area contributed by atoms with E-state index in [9.17, 15) is 9.90 Å². The van der Waals surface area contributed by atoms with Gasteiger partial charge in [-0.1, -0.05) is 72.8 Å². The van der Waals surface area contributed by atoms with E-state index in [1.807, 2.05) is 48.5 Å². The maximum Gasteiger partial charge on any atom is 0.193 e. The predicted octanol–water partition coefficient (Wildman–Crippen LogP) is 4.33. The van der Waals surface area contributed by atoms with Gasteiger partial charge in [0, 0.05) is 22.3 Å². The maximum atomic E-state index is 12.3. The van der Waals surface area contributed by atoms with Crippen molar-refractivity contribution in [1.29, 1.82) is 0 Å². The molecule has 21 heavy (non-hydrogen) atoms. The molecular formula is C19H14O2. The van der Waals surface area contributed by atoms with E-state index in [0.717, 1.165) is 5.56 Å². The van der Waals surface area contributed by atoms with Crippen molar-refractivity contribution in [3.8, 4) is 0 Å². The molecule has 0 heterocycles. The molecule has 0 amide bonds. The monoisotopic (exact) mass is 274 g/mol. The van der Waals surface area contributed by atoms with Gasteiger partial charge >= 0.3 is 0 Å². The Morgan fingerprint density at radius 1 is 0.762 bits per heavy atom. The highest BCUT2D eigenvalue weighted by Crippen LogP contribution is 2.25. The summed E-state index contributed by atoms with van der Waals surface area (Å²) in [7, 11) is 0. The predicted molar refractivity (Wildman–Crippen MR) is 84.0 cm³/mol. The summed E-state index contributed by atoms with van der Waals surface area (Å²) >= 11 is 0. The Morgan fingerprint density at radius 3 is 1.95 bits per heavy atom. The lowest BCUT2D eigenvalue weighted by Crippen LogP contribution is -1.99. The van der Waals surface area contributed by atoms with Crippen LogP contribution in [0.2, 0.25) is 0 Å². The van der Waals surface area contributed by atoms with Crippen LogP contribution < -0.4 is 0 Å². The average molecular weight is 274 g/mol.